The first-order valence-corrected chi connectivity index (χ1v) is 10.8. The van der Waals surface area contributed by atoms with E-state index in [0.29, 0.717) is 12.5 Å². The van der Waals surface area contributed by atoms with Gasteiger partial charge in [0.2, 0.25) is 0 Å². The van der Waals surface area contributed by atoms with E-state index in [2.05, 4.69) is 67.7 Å². The molecule has 1 heterocycles. The maximum Gasteiger partial charge on any atom is 0.125 e. The van der Waals surface area contributed by atoms with Crippen LogP contribution in [0.3, 0.4) is 0 Å². The third kappa shape index (κ3) is 5.02. The predicted molar refractivity (Wildman–Crippen MR) is 117 cm³/mol. The van der Waals surface area contributed by atoms with Crippen molar-refractivity contribution in [3.8, 4) is 0 Å². The molecule has 0 spiro atoms. The monoisotopic (exact) mass is 379 g/mol. The lowest BCUT2D eigenvalue weighted by Gasteiger charge is -2.44. The summed E-state index contributed by atoms with van der Waals surface area (Å²) in [7, 11) is 0. The fourth-order valence-electron chi connectivity index (χ4n) is 4.84. The molecule has 0 aliphatic carbocycles. The molecular formula is C25H35N2O+. The normalized spacial score (nSPS) is 17.5. The van der Waals surface area contributed by atoms with Crippen molar-refractivity contribution >= 4 is 12.0 Å². The number of aryl methyl sites for hydroxylation is 2. The number of para-hydroxylation sites is 1. The van der Waals surface area contributed by atoms with Gasteiger partial charge in [0.1, 0.15) is 18.9 Å². The number of aldehydes is 1. The Morgan fingerprint density at radius 3 is 2.18 bits per heavy atom. The summed E-state index contributed by atoms with van der Waals surface area (Å²) in [4.78, 5) is 11.6. The highest BCUT2D eigenvalue weighted by atomic mass is 16.1. The smallest absolute Gasteiger partial charge is 0.125 e. The SMILES string of the molecule is Cc1cccc(C)c1NCC(CC=O)[N+]1(Cc2ccccc2)CCCCCC1. The van der Waals surface area contributed by atoms with E-state index in [-0.39, 0.29) is 0 Å². The van der Waals surface area contributed by atoms with Crippen LogP contribution in [0.15, 0.2) is 48.5 Å². The summed E-state index contributed by atoms with van der Waals surface area (Å²) < 4.78 is 1.03. The molecule has 1 N–H and O–H groups in total. The summed E-state index contributed by atoms with van der Waals surface area (Å²) >= 11 is 0. The molecule has 1 unspecified atom stereocenters. The second-order valence-electron chi connectivity index (χ2n) is 8.43. The van der Waals surface area contributed by atoms with Crippen LogP contribution in [-0.2, 0) is 11.3 Å². The van der Waals surface area contributed by atoms with Crippen LogP contribution < -0.4 is 5.32 Å². The van der Waals surface area contributed by atoms with Crippen molar-refractivity contribution in [2.24, 2.45) is 0 Å². The van der Waals surface area contributed by atoms with Gasteiger partial charge in [-0.25, -0.2) is 0 Å². The highest BCUT2D eigenvalue weighted by molar-refractivity contribution is 5.57. The van der Waals surface area contributed by atoms with Gasteiger partial charge in [-0.15, -0.1) is 0 Å². The number of likely N-dealkylation sites (tertiary alicyclic amines) is 1. The Morgan fingerprint density at radius 2 is 1.57 bits per heavy atom. The van der Waals surface area contributed by atoms with Crippen LogP contribution in [0.4, 0.5) is 5.69 Å². The number of carbonyl (C=O) groups is 1. The van der Waals surface area contributed by atoms with Crippen molar-refractivity contribution in [1.82, 2.24) is 0 Å². The lowest BCUT2D eigenvalue weighted by atomic mass is 10.0. The molecule has 28 heavy (non-hydrogen) atoms. The van der Waals surface area contributed by atoms with Crippen molar-refractivity contribution < 1.29 is 9.28 Å². The first kappa shape index (κ1) is 20.6. The summed E-state index contributed by atoms with van der Waals surface area (Å²) in [5.41, 5.74) is 5.16. The zero-order valence-corrected chi connectivity index (χ0v) is 17.5. The molecule has 3 rings (SSSR count). The first-order chi connectivity index (χ1) is 13.6. The van der Waals surface area contributed by atoms with Crippen molar-refractivity contribution in [3.05, 3.63) is 65.2 Å². The van der Waals surface area contributed by atoms with E-state index in [1.54, 1.807) is 0 Å². The molecule has 0 bridgehead atoms. The summed E-state index contributed by atoms with van der Waals surface area (Å²) in [6.45, 7) is 8.52. The maximum atomic E-state index is 11.6. The van der Waals surface area contributed by atoms with Crippen molar-refractivity contribution in [2.45, 2.75) is 58.5 Å². The average molecular weight is 380 g/mol. The molecule has 3 nitrogen and oxygen atoms in total. The summed E-state index contributed by atoms with van der Waals surface area (Å²) in [5, 5.41) is 3.72. The van der Waals surface area contributed by atoms with E-state index < -0.39 is 0 Å². The Labute approximate surface area is 170 Å². The number of nitrogens with one attached hydrogen (secondary N) is 1. The van der Waals surface area contributed by atoms with Crippen LogP contribution in [0.1, 0.15) is 48.8 Å². The van der Waals surface area contributed by atoms with Gasteiger partial charge < -0.3 is 14.6 Å². The van der Waals surface area contributed by atoms with Crippen LogP contribution >= 0.6 is 0 Å². The molecule has 0 saturated carbocycles. The number of anilines is 1. The van der Waals surface area contributed by atoms with Gasteiger partial charge in [-0.2, -0.15) is 0 Å². The van der Waals surface area contributed by atoms with Gasteiger partial charge >= 0.3 is 0 Å². The van der Waals surface area contributed by atoms with Gasteiger partial charge in [0.25, 0.3) is 0 Å². The fourth-order valence-corrected chi connectivity index (χ4v) is 4.84. The Kier molecular flexibility index (Phi) is 7.27. The van der Waals surface area contributed by atoms with Gasteiger partial charge in [-0.1, -0.05) is 48.5 Å². The van der Waals surface area contributed by atoms with Crippen LogP contribution in [0.2, 0.25) is 0 Å². The van der Waals surface area contributed by atoms with Gasteiger partial charge in [0.15, 0.2) is 0 Å². The number of quaternary nitrogens is 1. The zero-order valence-electron chi connectivity index (χ0n) is 17.5. The van der Waals surface area contributed by atoms with E-state index in [4.69, 9.17) is 0 Å². The Hall–Kier alpha value is -2.13. The topological polar surface area (TPSA) is 29.1 Å². The van der Waals surface area contributed by atoms with Crippen LogP contribution in [0, 0.1) is 13.8 Å². The van der Waals surface area contributed by atoms with Gasteiger partial charge in [-0.3, -0.25) is 0 Å². The van der Waals surface area contributed by atoms with E-state index in [1.807, 2.05) is 0 Å². The largest absolute Gasteiger partial charge is 0.379 e. The minimum Gasteiger partial charge on any atom is -0.379 e. The molecule has 150 valence electrons. The second kappa shape index (κ2) is 9.88. The molecule has 2 aromatic rings. The highest BCUT2D eigenvalue weighted by Gasteiger charge is 2.37. The number of hydrogen-bond acceptors (Lipinski definition) is 2. The second-order valence-corrected chi connectivity index (χ2v) is 8.43. The summed E-state index contributed by atoms with van der Waals surface area (Å²) in [5.74, 6) is 0. The fraction of sp³-hybridized carbons (Fsp3) is 0.480. The maximum absolute atomic E-state index is 11.6. The third-order valence-electron chi connectivity index (χ3n) is 6.44. The average Bonchev–Trinajstić information content (AvgIpc) is 2.94. The quantitative estimate of drug-likeness (QED) is 0.500. The standard InChI is InChI=1S/C25H35N2O/c1-21-11-10-12-22(2)25(21)26-19-24(15-18-28)27(16-8-3-4-9-17-27)20-23-13-6-5-7-14-23/h5-7,10-14,18,24,26H,3-4,8-9,15-17,19-20H2,1-2H3/q+1. The number of hydrogen-bond donors (Lipinski definition) is 1. The Bertz CT molecular complexity index is 728. The van der Waals surface area contributed by atoms with Crippen molar-refractivity contribution in [2.75, 3.05) is 25.0 Å². The molecule has 0 aromatic heterocycles. The van der Waals surface area contributed by atoms with E-state index >= 15 is 0 Å². The molecule has 0 amide bonds. The minimum absolute atomic E-state index is 0.301. The Morgan fingerprint density at radius 1 is 0.929 bits per heavy atom. The van der Waals surface area contributed by atoms with Crippen LogP contribution in [0.25, 0.3) is 0 Å². The molecule has 1 fully saturated rings. The molecular weight excluding hydrogens is 344 g/mol. The molecule has 1 atom stereocenters. The lowest BCUT2D eigenvalue weighted by molar-refractivity contribution is -0.960. The number of carbonyl (C=O) groups excluding carboxylic acids is 1. The lowest BCUT2D eigenvalue weighted by Crippen LogP contribution is -2.58. The molecule has 0 radical (unpaired) electrons. The summed E-state index contributed by atoms with van der Waals surface area (Å²) in [6.07, 6.45) is 6.88. The summed E-state index contributed by atoms with van der Waals surface area (Å²) in [6, 6.07) is 17.5. The highest BCUT2D eigenvalue weighted by Crippen LogP contribution is 2.28. The molecule has 1 aliphatic heterocycles. The zero-order chi connectivity index (χ0) is 19.8. The van der Waals surface area contributed by atoms with E-state index in [9.17, 15) is 4.79 Å². The predicted octanol–water partition coefficient (Wildman–Crippen LogP) is 5.26. The molecule has 2 aromatic carbocycles. The Balaban J connectivity index is 1.86. The first-order valence-electron chi connectivity index (χ1n) is 10.8. The molecule has 1 saturated heterocycles. The van der Waals surface area contributed by atoms with Crippen molar-refractivity contribution in [1.29, 1.82) is 0 Å². The minimum atomic E-state index is 0.301. The van der Waals surface area contributed by atoms with Crippen LogP contribution in [-0.4, -0.2) is 36.4 Å². The van der Waals surface area contributed by atoms with E-state index in [1.165, 1.54) is 61.2 Å². The number of rotatable bonds is 8. The molecule has 1 aliphatic rings. The van der Waals surface area contributed by atoms with Gasteiger partial charge in [-0.05, 0) is 50.7 Å². The van der Waals surface area contributed by atoms with Gasteiger partial charge in [0.05, 0.1) is 26.1 Å². The third-order valence-corrected chi connectivity index (χ3v) is 6.44. The molecule has 3 heteroatoms. The van der Waals surface area contributed by atoms with E-state index in [0.717, 1.165) is 23.9 Å². The van der Waals surface area contributed by atoms with Gasteiger partial charge in [0, 0.05) is 11.3 Å². The number of nitrogens with zero attached hydrogens (tertiary/aromatic N) is 1. The van der Waals surface area contributed by atoms with Crippen LogP contribution in [0.5, 0.6) is 0 Å². The van der Waals surface area contributed by atoms with Crippen molar-refractivity contribution in [3.63, 3.8) is 0 Å². The number of benzene rings is 2.